The summed E-state index contributed by atoms with van der Waals surface area (Å²) in [4.78, 5) is 10.3. The highest BCUT2D eigenvalue weighted by Gasteiger charge is 2.15. The van der Waals surface area contributed by atoms with Crippen LogP contribution in [0.5, 0.6) is 0 Å². The second-order valence-electron chi connectivity index (χ2n) is 13.8. The van der Waals surface area contributed by atoms with Crippen LogP contribution in [-0.2, 0) is 0 Å². The smallest absolute Gasteiger partial charge is 0.160 e. The molecular formula is C53H37N3. The van der Waals surface area contributed by atoms with Gasteiger partial charge in [-0.1, -0.05) is 188 Å². The first-order valence-electron chi connectivity index (χ1n) is 18.8. The van der Waals surface area contributed by atoms with Crippen LogP contribution < -0.4 is 0 Å². The SMILES string of the molecule is N=C(/C=C(/c1ccccc1)c1cccc2ccc(-c3cccc(-c4cc(-c5cccc(-c6ccccc6)c5)nc(-c5ccccc5)n4)c3)cc12)c1ccccc1. The summed E-state index contributed by atoms with van der Waals surface area (Å²) >= 11 is 0. The molecule has 0 radical (unpaired) electrons. The summed E-state index contributed by atoms with van der Waals surface area (Å²) < 4.78 is 0. The molecule has 0 aliphatic heterocycles. The first kappa shape index (κ1) is 34.3. The lowest BCUT2D eigenvalue weighted by molar-refractivity contribution is 1.18. The summed E-state index contributed by atoms with van der Waals surface area (Å²) in [6.45, 7) is 0. The van der Waals surface area contributed by atoms with Crippen molar-refractivity contribution in [1.29, 1.82) is 5.41 Å². The van der Waals surface area contributed by atoms with E-state index in [1.54, 1.807) is 0 Å². The molecule has 8 aromatic carbocycles. The highest BCUT2D eigenvalue weighted by molar-refractivity contribution is 6.13. The van der Waals surface area contributed by atoms with E-state index in [1.807, 2.05) is 66.7 Å². The van der Waals surface area contributed by atoms with E-state index in [4.69, 9.17) is 15.4 Å². The molecule has 1 aromatic heterocycles. The van der Waals surface area contributed by atoms with E-state index < -0.39 is 0 Å². The van der Waals surface area contributed by atoms with Gasteiger partial charge in [-0.25, -0.2) is 9.97 Å². The fourth-order valence-corrected chi connectivity index (χ4v) is 7.27. The zero-order valence-electron chi connectivity index (χ0n) is 30.7. The largest absolute Gasteiger partial charge is 0.300 e. The number of fused-ring (bicyclic) bond motifs is 1. The molecule has 0 unspecified atom stereocenters. The Morgan fingerprint density at radius 3 is 1.48 bits per heavy atom. The van der Waals surface area contributed by atoms with E-state index >= 15 is 0 Å². The van der Waals surface area contributed by atoms with Crippen molar-refractivity contribution in [3.05, 3.63) is 235 Å². The van der Waals surface area contributed by atoms with Crippen LogP contribution in [0.3, 0.4) is 0 Å². The second-order valence-corrected chi connectivity index (χ2v) is 13.8. The summed E-state index contributed by atoms with van der Waals surface area (Å²) in [7, 11) is 0. The number of hydrogen-bond acceptors (Lipinski definition) is 3. The minimum Gasteiger partial charge on any atom is -0.300 e. The number of nitrogens with one attached hydrogen (secondary N) is 1. The minimum absolute atomic E-state index is 0.469. The van der Waals surface area contributed by atoms with Crippen LogP contribution >= 0.6 is 0 Å². The topological polar surface area (TPSA) is 49.6 Å². The maximum atomic E-state index is 9.05. The molecule has 0 atom stereocenters. The molecule has 0 aliphatic carbocycles. The lowest BCUT2D eigenvalue weighted by Gasteiger charge is -2.15. The van der Waals surface area contributed by atoms with Crippen molar-refractivity contribution in [2.45, 2.75) is 0 Å². The monoisotopic (exact) mass is 715 g/mol. The molecule has 9 aromatic rings. The fraction of sp³-hybridized carbons (Fsp3) is 0. The Morgan fingerprint density at radius 1 is 0.375 bits per heavy atom. The zero-order chi connectivity index (χ0) is 37.7. The van der Waals surface area contributed by atoms with Crippen LogP contribution in [0.2, 0.25) is 0 Å². The van der Waals surface area contributed by atoms with Crippen molar-refractivity contribution in [3.63, 3.8) is 0 Å². The average molecular weight is 716 g/mol. The predicted octanol–water partition coefficient (Wildman–Crippen LogP) is 13.5. The van der Waals surface area contributed by atoms with Crippen molar-refractivity contribution in [3.8, 4) is 56.2 Å². The van der Waals surface area contributed by atoms with Gasteiger partial charge < -0.3 is 5.41 Å². The highest BCUT2D eigenvalue weighted by atomic mass is 14.9. The van der Waals surface area contributed by atoms with Crippen molar-refractivity contribution in [2.75, 3.05) is 0 Å². The van der Waals surface area contributed by atoms with Gasteiger partial charge in [0.05, 0.1) is 17.1 Å². The number of rotatable bonds is 9. The maximum Gasteiger partial charge on any atom is 0.160 e. The predicted molar refractivity (Wildman–Crippen MR) is 234 cm³/mol. The molecule has 0 amide bonds. The third-order valence-electron chi connectivity index (χ3n) is 10.1. The normalized spacial score (nSPS) is 11.4. The van der Waals surface area contributed by atoms with Crippen LogP contribution in [0.15, 0.2) is 218 Å². The lowest BCUT2D eigenvalue weighted by atomic mass is 9.90. The third-order valence-corrected chi connectivity index (χ3v) is 10.1. The minimum atomic E-state index is 0.469. The van der Waals surface area contributed by atoms with Gasteiger partial charge in [0.25, 0.3) is 0 Å². The molecule has 0 saturated carbocycles. The fourth-order valence-electron chi connectivity index (χ4n) is 7.27. The molecule has 0 fully saturated rings. The standard InChI is InChI=1S/C53H37N3/c54-50(40-20-9-3-10-21-40)35-49(38-18-7-2-8-19-38)47-29-15-24-39-30-31-44(34-48(39)47)43-26-14-28-46(33-43)52-36-51(55-53(56-52)41-22-11-4-12-23-41)45-27-13-25-42(32-45)37-16-5-1-6-17-37/h1-36,54H/b49-35-,54-50?. The van der Waals surface area contributed by atoms with Crippen LogP contribution in [0.1, 0.15) is 16.7 Å². The van der Waals surface area contributed by atoms with Gasteiger partial charge in [-0.05, 0) is 85.6 Å². The quantitative estimate of drug-likeness (QED) is 0.151. The van der Waals surface area contributed by atoms with E-state index in [9.17, 15) is 0 Å². The maximum absolute atomic E-state index is 9.05. The molecule has 0 spiro atoms. The zero-order valence-corrected chi connectivity index (χ0v) is 30.7. The summed E-state index contributed by atoms with van der Waals surface area (Å²) in [5.74, 6) is 0.685. The van der Waals surface area contributed by atoms with Crippen LogP contribution in [0.4, 0.5) is 0 Å². The first-order valence-corrected chi connectivity index (χ1v) is 18.8. The highest BCUT2D eigenvalue weighted by Crippen LogP contribution is 2.36. The van der Waals surface area contributed by atoms with Gasteiger partial charge in [-0.3, -0.25) is 0 Å². The number of hydrogen-bond donors (Lipinski definition) is 1. The summed E-state index contributed by atoms with van der Waals surface area (Å²) in [5, 5.41) is 11.3. The third kappa shape index (κ3) is 7.22. The Labute approximate surface area is 327 Å². The molecule has 9 rings (SSSR count). The summed E-state index contributed by atoms with van der Waals surface area (Å²) in [5.41, 5.74) is 13.7. The van der Waals surface area contributed by atoms with Gasteiger partial charge in [0, 0.05) is 16.7 Å². The van der Waals surface area contributed by atoms with Crippen LogP contribution in [0.25, 0.3) is 72.5 Å². The number of benzene rings is 8. The Hall–Kier alpha value is -7.49. The van der Waals surface area contributed by atoms with Gasteiger partial charge in [-0.2, -0.15) is 0 Å². The Bertz CT molecular complexity index is 2840. The number of allylic oxidation sites excluding steroid dienone is 1. The van der Waals surface area contributed by atoms with Crippen LogP contribution in [0, 0.1) is 5.41 Å². The second kappa shape index (κ2) is 15.5. The average Bonchev–Trinajstić information content (AvgIpc) is 3.29. The Kier molecular flexibility index (Phi) is 9.47. The van der Waals surface area contributed by atoms with Gasteiger partial charge in [-0.15, -0.1) is 0 Å². The van der Waals surface area contributed by atoms with Crippen molar-refractivity contribution in [1.82, 2.24) is 9.97 Å². The molecule has 0 bridgehead atoms. The Balaban J connectivity index is 1.15. The molecule has 3 nitrogen and oxygen atoms in total. The summed E-state index contributed by atoms with van der Waals surface area (Å²) in [6, 6.07) is 73.3. The first-order chi connectivity index (χ1) is 27.7. The molecule has 1 heterocycles. The van der Waals surface area contributed by atoms with Crippen molar-refractivity contribution < 1.29 is 0 Å². The lowest BCUT2D eigenvalue weighted by Crippen LogP contribution is -1.98. The Morgan fingerprint density at radius 2 is 0.857 bits per heavy atom. The van der Waals surface area contributed by atoms with E-state index in [-0.39, 0.29) is 0 Å². The van der Waals surface area contributed by atoms with Gasteiger partial charge >= 0.3 is 0 Å². The van der Waals surface area contributed by atoms with E-state index in [1.165, 1.54) is 5.56 Å². The van der Waals surface area contributed by atoms with E-state index in [2.05, 4.69) is 152 Å². The van der Waals surface area contributed by atoms with E-state index in [0.29, 0.717) is 11.5 Å². The summed E-state index contributed by atoms with van der Waals surface area (Å²) in [6.07, 6.45) is 2.00. The molecule has 264 valence electrons. The van der Waals surface area contributed by atoms with Crippen molar-refractivity contribution >= 4 is 22.1 Å². The molecular weight excluding hydrogens is 679 g/mol. The molecule has 0 aliphatic rings. The molecule has 1 N–H and O–H groups in total. The van der Waals surface area contributed by atoms with Crippen LogP contribution in [-0.4, -0.2) is 15.7 Å². The van der Waals surface area contributed by atoms with Crippen molar-refractivity contribution in [2.24, 2.45) is 0 Å². The number of nitrogens with zero attached hydrogens (tertiary/aromatic N) is 2. The van der Waals surface area contributed by atoms with E-state index in [0.717, 1.165) is 77.8 Å². The molecule has 0 saturated heterocycles. The number of aromatic nitrogens is 2. The molecule has 56 heavy (non-hydrogen) atoms. The molecule has 3 heteroatoms. The van der Waals surface area contributed by atoms with Gasteiger partial charge in [0.2, 0.25) is 0 Å². The van der Waals surface area contributed by atoms with Gasteiger partial charge in [0.15, 0.2) is 5.82 Å². The van der Waals surface area contributed by atoms with Gasteiger partial charge in [0.1, 0.15) is 0 Å².